The molecule has 3 rings (SSSR count). The molecule has 1 aromatic heterocycles. The third-order valence-electron chi connectivity index (χ3n) is 3.80. The summed E-state index contributed by atoms with van der Waals surface area (Å²) in [7, 11) is 0. The van der Waals surface area contributed by atoms with Gasteiger partial charge in [0.2, 0.25) is 0 Å². The standard InChI is InChI=1S/C15H19N3OS2/c1-8-6-11(16)7-12(9(8)2)15-17-14(18-19-15)13-10(3)20-4-5-21-13/h6-7,10,13H,4-5,16H2,1-3H3. The maximum Gasteiger partial charge on any atom is 0.258 e. The molecular formula is C15H19N3OS2. The Balaban J connectivity index is 1.95. The fourth-order valence-electron chi connectivity index (χ4n) is 2.49. The smallest absolute Gasteiger partial charge is 0.258 e. The predicted molar refractivity (Wildman–Crippen MR) is 90.7 cm³/mol. The molecule has 2 unspecified atom stereocenters. The van der Waals surface area contributed by atoms with Gasteiger partial charge in [-0.05, 0) is 37.1 Å². The average molecular weight is 321 g/mol. The molecule has 2 aromatic rings. The first-order chi connectivity index (χ1) is 10.1. The fourth-order valence-corrected chi connectivity index (χ4v) is 5.16. The monoisotopic (exact) mass is 321 g/mol. The summed E-state index contributed by atoms with van der Waals surface area (Å²) in [5.74, 6) is 3.70. The Morgan fingerprint density at radius 3 is 2.76 bits per heavy atom. The first-order valence-electron chi connectivity index (χ1n) is 7.00. The van der Waals surface area contributed by atoms with E-state index in [0.29, 0.717) is 16.4 Å². The lowest BCUT2D eigenvalue weighted by atomic mass is 10.0. The average Bonchev–Trinajstić information content (AvgIpc) is 2.92. The van der Waals surface area contributed by atoms with Gasteiger partial charge in [-0.2, -0.15) is 16.7 Å². The Labute approximate surface area is 133 Å². The van der Waals surface area contributed by atoms with E-state index >= 15 is 0 Å². The number of thioether (sulfide) groups is 2. The molecule has 4 nitrogen and oxygen atoms in total. The molecule has 1 aliphatic rings. The molecule has 1 aromatic carbocycles. The number of hydrogen-bond donors (Lipinski definition) is 1. The molecule has 6 heteroatoms. The topological polar surface area (TPSA) is 64.9 Å². The summed E-state index contributed by atoms with van der Waals surface area (Å²) in [5.41, 5.74) is 9.88. The number of aromatic nitrogens is 2. The van der Waals surface area contributed by atoms with Crippen LogP contribution < -0.4 is 5.73 Å². The molecular weight excluding hydrogens is 302 g/mol. The van der Waals surface area contributed by atoms with E-state index in [4.69, 9.17) is 10.3 Å². The highest BCUT2D eigenvalue weighted by molar-refractivity contribution is 8.06. The summed E-state index contributed by atoms with van der Waals surface area (Å²) in [6.07, 6.45) is 0. The van der Waals surface area contributed by atoms with Crippen LogP contribution in [0.5, 0.6) is 0 Å². The second-order valence-corrected chi connectivity index (χ2v) is 8.07. The number of anilines is 1. The van der Waals surface area contributed by atoms with E-state index in [0.717, 1.165) is 34.0 Å². The molecule has 2 heterocycles. The van der Waals surface area contributed by atoms with E-state index < -0.39 is 0 Å². The summed E-state index contributed by atoms with van der Waals surface area (Å²) in [6.45, 7) is 6.33. The molecule has 0 aliphatic carbocycles. The zero-order chi connectivity index (χ0) is 15.0. The number of nitrogens with zero attached hydrogens (tertiary/aromatic N) is 2. The van der Waals surface area contributed by atoms with Gasteiger partial charge < -0.3 is 10.3 Å². The molecule has 1 aliphatic heterocycles. The van der Waals surface area contributed by atoms with Crippen molar-refractivity contribution in [3.05, 3.63) is 29.1 Å². The molecule has 0 saturated carbocycles. The minimum absolute atomic E-state index is 0.309. The fraction of sp³-hybridized carbons (Fsp3) is 0.467. The summed E-state index contributed by atoms with van der Waals surface area (Å²) in [6, 6.07) is 3.87. The minimum atomic E-state index is 0.309. The van der Waals surface area contributed by atoms with Crippen molar-refractivity contribution in [2.24, 2.45) is 0 Å². The van der Waals surface area contributed by atoms with Crippen molar-refractivity contribution >= 4 is 29.2 Å². The van der Waals surface area contributed by atoms with E-state index in [1.54, 1.807) is 0 Å². The summed E-state index contributed by atoms with van der Waals surface area (Å²) in [4.78, 5) is 4.63. The van der Waals surface area contributed by atoms with Gasteiger partial charge in [-0.25, -0.2) is 0 Å². The van der Waals surface area contributed by atoms with Crippen LogP contribution in [0.3, 0.4) is 0 Å². The van der Waals surface area contributed by atoms with Crippen molar-refractivity contribution in [3.63, 3.8) is 0 Å². The van der Waals surface area contributed by atoms with Gasteiger partial charge in [0.05, 0.1) is 5.25 Å². The summed E-state index contributed by atoms with van der Waals surface area (Å²) < 4.78 is 5.50. The molecule has 1 saturated heterocycles. The highest BCUT2D eigenvalue weighted by Crippen LogP contribution is 2.41. The maximum absolute atomic E-state index is 5.94. The van der Waals surface area contributed by atoms with Crippen LogP contribution in [0.15, 0.2) is 16.7 Å². The van der Waals surface area contributed by atoms with Crippen LogP contribution in [0, 0.1) is 13.8 Å². The van der Waals surface area contributed by atoms with Crippen molar-refractivity contribution in [1.29, 1.82) is 0 Å². The molecule has 2 N–H and O–H groups in total. The van der Waals surface area contributed by atoms with Gasteiger partial charge >= 0.3 is 0 Å². The normalized spacial score (nSPS) is 22.4. The Hall–Kier alpha value is -1.14. The Bertz CT molecular complexity index is 656. The van der Waals surface area contributed by atoms with Gasteiger partial charge in [-0.3, -0.25) is 0 Å². The van der Waals surface area contributed by atoms with E-state index in [1.807, 2.05) is 42.6 Å². The van der Waals surface area contributed by atoms with Crippen LogP contribution in [0.1, 0.15) is 29.1 Å². The number of hydrogen-bond acceptors (Lipinski definition) is 6. The van der Waals surface area contributed by atoms with Crippen molar-refractivity contribution < 1.29 is 4.52 Å². The lowest BCUT2D eigenvalue weighted by molar-refractivity contribution is 0.421. The zero-order valence-corrected chi connectivity index (χ0v) is 14.1. The van der Waals surface area contributed by atoms with Crippen molar-refractivity contribution in [3.8, 4) is 11.5 Å². The van der Waals surface area contributed by atoms with Crippen molar-refractivity contribution in [2.45, 2.75) is 31.3 Å². The van der Waals surface area contributed by atoms with Gasteiger partial charge in [0, 0.05) is 28.0 Å². The van der Waals surface area contributed by atoms with Crippen LogP contribution in [0.2, 0.25) is 0 Å². The van der Waals surface area contributed by atoms with E-state index in [2.05, 4.69) is 24.0 Å². The van der Waals surface area contributed by atoms with E-state index in [9.17, 15) is 0 Å². The molecule has 0 amide bonds. The Morgan fingerprint density at radius 2 is 2.00 bits per heavy atom. The van der Waals surface area contributed by atoms with Crippen LogP contribution in [-0.2, 0) is 0 Å². The predicted octanol–water partition coefficient (Wildman–Crippen LogP) is 3.85. The zero-order valence-electron chi connectivity index (χ0n) is 12.4. The lowest BCUT2D eigenvalue weighted by Gasteiger charge is -2.24. The third kappa shape index (κ3) is 2.92. The first kappa shape index (κ1) is 14.8. The van der Waals surface area contributed by atoms with Gasteiger partial charge in [0.15, 0.2) is 5.82 Å². The van der Waals surface area contributed by atoms with Gasteiger partial charge in [0.25, 0.3) is 5.89 Å². The molecule has 0 radical (unpaired) electrons. The quantitative estimate of drug-likeness (QED) is 0.848. The van der Waals surface area contributed by atoms with Crippen LogP contribution in [-0.4, -0.2) is 26.9 Å². The lowest BCUT2D eigenvalue weighted by Crippen LogP contribution is -2.16. The van der Waals surface area contributed by atoms with Gasteiger partial charge in [-0.1, -0.05) is 12.1 Å². The second kappa shape index (κ2) is 5.93. The molecule has 112 valence electrons. The van der Waals surface area contributed by atoms with Crippen LogP contribution in [0.4, 0.5) is 5.69 Å². The second-order valence-electron chi connectivity index (χ2n) is 5.34. The van der Waals surface area contributed by atoms with Crippen LogP contribution in [0.25, 0.3) is 11.5 Å². The number of nitrogen functional groups attached to an aromatic ring is 1. The third-order valence-corrected chi connectivity index (χ3v) is 6.89. The summed E-state index contributed by atoms with van der Waals surface area (Å²) >= 11 is 3.88. The SMILES string of the molecule is Cc1cc(N)cc(-c2nc(C3SCCSC3C)no2)c1C. The van der Waals surface area contributed by atoms with Crippen LogP contribution >= 0.6 is 23.5 Å². The molecule has 0 spiro atoms. The van der Waals surface area contributed by atoms with E-state index in [-0.39, 0.29) is 0 Å². The molecule has 2 atom stereocenters. The number of aryl methyl sites for hydroxylation is 1. The Kier molecular flexibility index (Phi) is 4.17. The highest BCUT2D eigenvalue weighted by atomic mass is 32.2. The Morgan fingerprint density at radius 1 is 1.24 bits per heavy atom. The largest absolute Gasteiger partial charge is 0.399 e. The number of rotatable bonds is 2. The van der Waals surface area contributed by atoms with Gasteiger partial charge in [0.1, 0.15) is 0 Å². The van der Waals surface area contributed by atoms with Crippen molar-refractivity contribution in [1.82, 2.24) is 10.1 Å². The van der Waals surface area contributed by atoms with Crippen molar-refractivity contribution in [2.75, 3.05) is 17.2 Å². The van der Waals surface area contributed by atoms with Gasteiger partial charge in [-0.15, -0.1) is 11.8 Å². The number of benzene rings is 1. The molecule has 21 heavy (non-hydrogen) atoms. The van der Waals surface area contributed by atoms with E-state index in [1.165, 1.54) is 5.75 Å². The number of nitrogens with two attached hydrogens (primary N) is 1. The molecule has 1 fully saturated rings. The maximum atomic E-state index is 5.94. The summed E-state index contributed by atoms with van der Waals surface area (Å²) in [5, 5.41) is 5.03. The molecule has 0 bridgehead atoms. The first-order valence-corrected chi connectivity index (χ1v) is 9.10. The highest BCUT2D eigenvalue weighted by Gasteiger charge is 2.28. The minimum Gasteiger partial charge on any atom is -0.399 e.